The van der Waals surface area contributed by atoms with Crippen LogP contribution in [0.5, 0.6) is 0 Å². The van der Waals surface area contributed by atoms with Crippen molar-refractivity contribution >= 4 is 19.8 Å². The highest BCUT2D eigenvalue weighted by Crippen LogP contribution is 2.38. The van der Waals surface area contributed by atoms with E-state index in [1.54, 1.807) is 0 Å². The highest BCUT2D eigenvalue weighted by atomic mass is 31.2. The molecule has 80 heavy (non-hydrogen) atoms. The molecule has 0 aromatic carbocycles. The number of nitrogens with zero attached hydrogens (tertiary/aromatic N) is 1. The van der Waals surface area contributed by atoms with Crippen molar-refractivity contribution in [3.05, 3.63) is 194 Å². The summed E-state index contributed by atoms with van der Waals surface area (Å²) in [7, 11) is 1.09. The van der Waals surface area contributed by atoms with Crippen LogP contribution in [0.2, 0.25) is 0 Å². The number of allylic oxidation sites excluding steroid dienone is 32. The van der Waals surface area contributed by atoms with E-state index in [0.29, 0.717) is 23.9 Å². The molecule has 0 saturated carbocycles. The summed E-state index contributed by atoms with van der Waals surface area (Å²) >= 11 is 0. The number of esters is 2. The zero-order valence-electron chi connectivity index (χ0n) is 50.4. The Morgan fingerprint density at radius 1 is 0.388 bits per heavy atom. The van der Waals surface area contributed by atoms with Gasteiger partial charge < -0.3 is 27.9 Å². The summed E-state index contributed by atoms with van der Waals surface area (Å²) in [6, 6.07) is 0. The fraction of sp³-hybridized carbons (Fsp3) is 0.514. The minimum absolute atomic E-state index is 0.0562. The molecule has 0 heterocycles. The molecule has 0 N–H and O–H groups in total. The van der Waals surface area contributed by atoms with E-state index in [9.17, 15) is 19.0 Å². The van der Waals surface area contributed by atoms with Gasteiger partial charge in [-0.15, -0.1) is 0 Å². The van der Waals surface area contributed by atoms with Gasteiger partial charge in [0.1, 0.15) is 19.8 Å². The molecule has 2 unspecified atom stereocenters. The van der Waals surface area contributed by atoms with Gasteiger partial charge in [-0.2, -0.15) is 0 Å². The molecule has 0 amide bonds. The highest BCUT2D eigenvalue weighted by molar-refractivity contribution is 7.45. The van der Waals surface area contributed by atoms with Crippen molar-refractivity contribution < 1.29 is 42.1 Å². The van der Waals surface area contributed by atoms with Gasteiger partial charge in [0, 0.05) is 12.8 Å². The molecule has 0 rings (SSSR count). The average Bonchev–Trinajstić information content (AvgIpc) is 3.42. The van der Waals surface area contributed by atoms with Crippen LogP contribution in [0.4, 0.5) is 0 Å². The number of rotatable bonds is 52. The average molecular weight is 1120 g/mol. The predicted molar refractivity (Wildman–Crippen MR) is 341 cm³/mol. The molecule has 0 fully saturated rings. The van der Waals surface area contributed by atoms with Crippen LogP contribution in [0.1, 0.15) is 181 Å². The largest absolute Gasteiger partial charge is 0.756 e. The van der Waals surface area contributed by atoms with Gasteiger partial charge in [0.2, 0.25) is 0 Å². The van der Waals surface area contributed by atoms with Gasteiger partial charge >= 0.3 is 11.9 Å². The summed E-state index contributed by atoms with van der Waals surface area (Å²) in [5.41, 5.74) is 0. The quantitative estimate of drug-likeness (QED) is 0.0195. The number of likely N-dealkylation sites (N-methyl/N-ethyl adjacent to an activating group) is 1. The van der Waals surface area contributed by atoms with Crippen LogP contribution in [-0.4, -0.2) is 70.0 Å². The third kappa shape index (κ3) is 62.1. The molecular weight excluding hydrogens is 1010 g/mol. The van der Waals surface area contributed by atoms with E-state index in [1.165, 1.54) is 0 Å². The van der Waals surface area contributed by atoms with E-state index in [4.69, 9.17) is 18.5 Å². The normalized spacial score (nSPS) is 14.6. The fourth-order valence-electron chi connectivity index (χ4n) is 7.04. The maximum atomic E-state index is 12.8. The first-order chi connectivity index (χ1) is 39.0. The van der Waals surface area contributed by atoms with E-state index in [2.05, 4.69) is 208 Å². The second kappa shape index (κ2) is 58.5. The van der Waals surface area contributed by atoms with Crippen molar-refractivity contribution in [3.63, 3.8) is 0 Å². The van der Waals surface area contributed by atoms with Crippen LogP contribution in [0.3, 0.4) is 0 Å². The number of unbranched alkanes of at least 4 members (excludes halogenated alkanes) is 6. The lowest BCUT2D eigenvalue weighted by Gasteiger charge is -2.28. The van der Waals surface area contributed by atoms with Crippen molar-refractivity contribution in [1.29, 1.82) is 0 Å². The Morgan fingerprint density at radius 3 is 0.975 bits per heavy atom. The molecule has 0 radical (unpaired) electrons. The monoisotopic (exact) mass is 1120 g/mol. The summed E-state index contributed by atoms with van der Waals surface area (Å²) in [6.07, 6.45) is 91.9. The Hall–Kier alpha value is -5.15. The van der Waals surface area contributed by atoms with Crippen LogP contribution in [0, 0.1) is 0 Å². The summed E-state index contributed by atoms with van der Waals surface area (Å²) in [6.45, 7) is 3.89. The molecule has 0 spiro atoms. The molecule has 0 aliphatic heterocycles. The third-order valence-electron chi connectivity index (χ3n) is 11.6. The summed E-state index contributed by atoms with van der Waals surface area (Å²) in [4.78, 5) is 37.9. The van der Waals surface area contributed by atoms with Crippen molar-refractivity contribution in [2.75, 3.05) is 47.5 Å². The lowest BCUT2D eigenvalue weighted by molar-refractivity contribution is -0.870. The maximum absolute atomic E-state index is 12.8. The lowest BCUT2D eigenvalue weighted by Crippen LogP contribution is -2.37. The van der Waals surface area contributed by atoms with E-state index in [0.717, 1.165) is 141 Å². The number of hydrogen-bond donors (Lipinski definition) is 0. The van der Waals surface area contributed by atoms with E-state index in [1.807, 2.05) is 21.1 Å². The van der Waals surface area contributed by atoms with Gasteiger partial charge in [-0.1, -0.05) is 221 Å². The lowest BCUT2D eigenvalue weighted by atomic mass is 10.1. The zero-order chi connectivity index (χ0) is 58.4. The Kier molecular flexibility index (Phi) is 54.7. The number of quaternary nitrogens is 1. The van der Waals surface area contributed by atoms with Gasteiger partial charge in [-0.25, -0.2) is 0 Å². The van der Waals surface area contributed by atoms with Crippen LogP contribution in [-0.2, 0) is 32.7 Å². The number of ether oxygens (including phenoxy) is 2. The summed E-state index contributed by atoms with van der Waals surface area (Å²) < 4.78 is 34.1. The van der Waals surface area contributed by atoms with E-state index >= 15 is 0 Å². The second-order valence-electron chi connectivity index (χ2n) is 20.2. The standard InChI is InChI=1S/C70H108NO8P/c1-6-8-10-12-14-16-18-20-22-24-26-28-30-32-33-34-35-36-37-39-41-43-45-47-49-51-53-55-57-59-61-63-70(73)79-68(67-78-80(74,75)77-65-64-71(3,4)5)66-76-69(72)62-60-58-56-54-52-50-48-46-44-42-40-38-31-29-27-25-23-21-19-17-15-13-11-9-7-2/h8-11,14-17,20-23,26-29,32-33,35-36,38-41,44-47,50-53,68H,6-7,12-13,18-19,24-25,30-31,34,37,42-43,48-49,54-67H2,1-5H3/b10-8-,11-9-,16-14-,17-15-,22-20-,23-21-,28-26-,29-27-,33-32-,36-35-,40-38-,41-39-,46-44-,47-45-,52-50-,53-51-. The smallest absolute Gasteiger partial charge is 0.306 e. The van der Waals surface area contributed by atoms with Gasteiger partial charge in [-0.05, 0) is 141 Å². The first-order valence-corrected chi connectivity index (χ1v) is 31.6. The molecule has 0 aromatic heterocycles. The molecule has 10 heteroatoms. The van der Waals surface area contributed by atoms with Gasteiger partial charge in [0.15, 0.2) is 6.10 Å². The number of hydrogen-bond acceptors (Lipinski definition) is 8. The molecule has 2 atom stereocenters. The second-order valence-corrected chi connectivity index (χ2v) is 21.7. The highest BCUT2D eigenvalue weighted by Gasteiger charge is 2.21. The molecule has 0 aliphatic carbocycles. The van der Waals surface area contributed by atoms with Crippen LogP contribution >= 0.6 is 7.82 Å². The van der Waals surface area contributed by atoms with Crippen molar-refractivity contribution in [1.82, 2.24) is 0 Å². The van der Waals surface area contributed by atoms with Crippen LogP contribution in [0.15, 0.2) is 194 Å². The van der Waals surface area contributed by atoms with Gasteiger partial charge in [0.25, 0.3) is 7.82 Å². The van der Waals surface area contributed by atoms with E-state index < -0.39 is 32.5 Å². The number of carbonyl (C=O) groups is 2. The molecular formula is C70H108NO8P. The molecule has 0 bridgehead atoms. The molecule has 0 aliphatic rings. The van der Waals surface area contributed by atoms with Crippen molar-refractivity contribution in [2.24, 2.45) is 0 Å². The Labute approximate surface area is 488 Å². The van der Waals surface area contributed by atoms with E-state index in [-0.39, 0.29) is 26.1 Å². The minimum Gasteiger partial charge on any atom is -0.756 e. The first-order valence-electron chi connectivity index (χ1n) is 30.1. The molecule has 9 nitrogen and oxygen atoms in total. The molecule has 446 valence electrons. The third-order valence-corrected chi connectivity index (χ3v) is 12.6. The summed E-state index contributed by atoms with van der Waals surface area (Å²) in [5, 5.41) is 0. The summed E-state index contributed by atoms with van der Waals surface area (Å²) in [5.74, 6) is -0.931. The molecule has 0 aromatic rings. The van der Waals surface area contributed by atoms with Crippen molar-refractivity contribution in [2.45, 2.75) is 187 Å². The first kappa shape index (κ1) is 74.8. The Bertz CT molecular complexity index is 2050. The number of phosphoric acid groups is 1. The minimum atomic E-state index is -4.67. The fourth-order valence-corrected chi connectivity index (χ4v) is 7.77. The maximum Gasteiger partial charge on any atom is 0.306 e. The Morgan fingerprint density at radius 2 is 0.675 bits per heavy atom. The van der Waals surface area contributed by atoms with Gasteiger partial charge in [-0.3, -0.25) is 14.2 Å². The van der Waals surface area contributed by atoms with Crippen molar-refractivity contribution in [3.8, 4) is 0 Å². The van der Waals surface area contributed by atoms with Crippen LogP contribution in [0.25, 0.3) is 0 Å². The van der Waals surface area contributed by atoms with Gasteiger partial charge in [0.05, 0.1) is 27.7 Å². The van der Waals surface area contributed by atoms with Crippen LogP contribution < -0.4 is 4.89 Å². The number of carbonyl (C=O) groups excluding carboxylic acids is 2. The predicted octanol–water partition coefficient (Wildman–Crippen LogP) is 18.7. The molecule has 0 saturated heterocycles. The SMILES string of the molecule is CC/C=C\C/C=C\C/C=C\C/C=C\C/C=C\C/C=C\C/C=C\C/C=C\C/C=C\CCCCCC(=O)OC(COC(=O)CCCCC/C=C\C/C=C\C/C=C\C/C=C\C/C=C\C/C=C\C/C=C\CC)COP(=O)([O-])OCC[N+](C)(C)C. The Balaban J connectivity index is 4.37. The topological polar surface area (TPSA) is 111 Å². The zero-order valence-corrected chi connectivity index (χ0v) is 51.3. The number of phosphoric ester groups is 1.